The lowest BCUT2D eigenvalue weighted by molar-refractivity contribution is -0.116. The van der Waals surface area contributed by atoms with Gasteiger partial charge in [-0.1, -0.05) is 35.3 Å². The van der Waals surface area contributed by atoms with Crippen molar-refractivity contribution in [2.24, 2.45) is 0 Å². The summed E-state index contributed by atoms with van der Waals surface area (Å²) in [5.41, 5.74) is 0.831. The third-order valence-corrected chi connectivity index (χ3v) is 2.84. The molecule has 2 N–H and O–H groups in total. The predicted octanol–water partition coefficient (Wildman–Crippen LogP) is 3.17. The highest BCUT2D eigenvalue weighted by Crippen LogP contribution is 2.15. The molecule has 17 heavy (non-hydrogen) atoms. The second kappa shape index (κ2) is 8.25. The topological polar surface area (TPSA) is 41.1 Å². The van der Waals surface area contributed by atoms with E-state index < -0.39 is 0 Å². The number of hydrogen-bond donors (Lipinski definition) is 2. The Morgan fingerprint density at radius 2 is 2.18 bits per heavy atom. The van der Waals surface area contributed by atoms with Crippen molar-refractivity contribution in [3.05, 3.63) is 28.7 Å². The summed E-state index contributed by atoms with van der Waals surface area (Å²) >= 11 is 3.37. The molecule has 0 aromatic heterocycles. The lowest BCUT2D eigenvalue weighted by atomic mass is 10.3. The molecule has 4 heteroatoms. The summed E-state index contributed by atoms with van der Waals surface area (Å²) in [5, 5.41) is 6.11. The summed E-state index contributed by atoms with van der Waals surface area (Å²) in [6.07, 6.45) is 2.85. The maximum absolute atomic E-state index is 11.6. The molecule has 0 radical (unpaired) electrons. The number of anilines is 1. The first kappa shape index (κ1) is 14.2. The Kier molecular flexibility index (Phi) is 6.89. The molecule has 0 saturated heterocycles. The van der Waals surface area contributed by atoms with Crippen molar-refractivity contribution in [1.29, 1.82) is 0 Å². The minimum atomic E-state index is 0.0482. The fourth-order valence-electron chi connectivity index (χ4n) is 1.42. The quantitative estimate of drug-likeness (QED) is 0.759. The average Bonchev–Trinajstić information content (AvgIpc) is 2.29. The van der Waals surface area contributed by atoms with Crippen LogP contribution in [0.2, 0.25) is 0 Å². The molecular weight excluding hydrogens is 280 g/mol. The molecular formula is C13H19BrN2O. The van der Waals surface area contributed by atoms with E-state index in [2.05, 4.69) is 33.5 Å². The minimum absolute atomic E-state index is 0.0482. The summed E-state index contributed by atoms with van der Waals surface area (Å²) < 4.78 is 0.969. The van der Waals surface area contributed by atoms with E-state index in [-0.39, 0.29) is 5.91 Å². The third-order valence-electron chi connectivity index (χ3n) is 2.34. The summed E-state index contributed by atoms with van der Waals surface area (Å²) in [6.45, 7) is 3.88. The number of carbonyl (C=O) groups is 1. The van der Waals surface area contributed by atoms with Gasteiger partial charge in [0.15, 0.2) is 0 Å². The van der Waals surface area contributed by atoms with E-state index in [0.717, 1.165) is 29.7 Å². The number of benzene rings is 1. The molecule has 0 heterocycles. The van der Waals surface area contributed by atoms with Gasteiger partial charge in [0.25, 0.3) is 0 Å². The van der Waals surface area contributed by atoms with Gasteiger partial charge in [0.2, 0.25) is 5.91 Å². The first-order valence-electron chi connectivity index (χ1n) is 5.98. The highest BCUT2D eigenvalue weighted by Gasteiger charge is 2.01. The summed E-state index contributed by atoms with van der Waals surface area (Å²) in [5.74, 6) is 0.0482. The van der Waals surface area contributed by atoms with Crippen LogP contribution >= 0.6 is 15.9 Å². The van der Waals surface area contributed by atoms with Gasteiger partial charge in [-0.15, -0.1) is 0 Å². The van der Waals surface area contributed by atoms with Crippen LogP contribution in [0.1, 0.15) is 26.2 Å². The average molecular weight is 299 g/mol. The Morgan fingerprint density at radius 3 is 2.88 bits per heavy atom. The van der Waals surface area contributed by atoms with Crippen molar-refractivity contribution < 1.29 is 4.79 Å². The van der Waals surface area contributed by atoms with Gasteiger partial charge >= 0.3 is 0 Å². The van der Waals surface area contributed by atoms with E-state index in [0.29, 0.717) is 6.42 Å². The first-order chi connectivity index (χ1) is 8.22. The number of unbranched alkanes of at least 4 members (excludes halogenated alkanes) is 1. The molecule has 3 nitrogen and oxygen atoms in total. The third kappa shape index (κ3) is 6.44. The minimum Gasteiger partial charge on any atom is -0.326 e. The van der Waals surface area contributed by atoms with Crippen LogP contribution in [0.25, 0.3) is 0 Å². The van der Waals surface area contributed by atoms with Gasteiger partial charge < -0.3 is 10.6 Å². The van der Waals surface area contributed by atoms with E-state index in [1.807, 2.05) is 24.3 Å². The zero-order valence-electron chi connectivity index (χ0n) is 10.1. The Labute approximate surface area is 111 Å². The van der Waals surface area contributed by atoms with Gasteiger partial charge in [0.1, 0.15) is 0 Å². The number of amides is 1. The highest BCUT2D eigenvalue weighted by atomic mass is 79.9. The summed E-state index contributed by atoms with van der Waals surface area (Å²) in [6, 6.07) is 7.61. The lowest BCUT2D eigenvalue weighted by Crippen LogP contribution is -2.22. The molecule has 1 aromatic rings. The summed E-state index contributed by atoms with van der Waals surface area (Å²) in [7, 11) is 0. The molecule has 0 aliphatic carbocycles. The van der Waals surface area contributed by atoms with Crippen molar-refractivity contribution >= 4 is 27.5 Å². The van der Waals surface area contributed by atoms with Gasteiger partial charge in [-0.25, -0.2) is 0 Å². The van der Waals surface area contributed by atoms with Gasteiger partial charge in [-0.3, -0.25) is 4.79 Å². The van der Waals surface area contributed by atoms with Gasteiger partial charge in [-0.05, 0) is 31.2 Å². The largest absolute Gasteiger partial charge is 0.326 e. The number of nitrogens with one attached hydrogen (secondary N) is 2. The molecule has 0 unspecified atom stereocenters. The standard InChI is InChI=1S/C13H19BrN2O/c1-2-3-8-15-9-7-13(17)16-12-6-4-5-11(14)10-12/h4-6,10,15H,2-3,7-9H2,1H3,(H,16,17). The molecule has 0 saturated carbocycles. The van der Waals surface area contributed by atoms with Gasteiger partial charge in [-0.2, -0.15) is 0 Å². The second-order valence-corrected chi connectivity index (χ2v) is 4.83. The Hall–Kier alpha value is -0.870. The molecule has 0 aliphatic rings. The smallest absolute Gasteiger partial charge is 0.225 e. The first-order valence-corrected chi connectivity index (χ1v) is 6.78. The van der Waals surface area contributed by atoms with Crippen LogP contribution in [-0.2, 0) is 4.79 Å². The van der Waals surface area contributed by atoms with Crippen molar-refractivity contribution in [3.63, 3.8) is 0 Å². The Morgan fingerprint density at radius 1 is 1.35 bits per heavy atom. The van der Waals surface area contributed by atoms with E-state index in [1.54, 1.807) is 0 Å². The number of halogens is 1. The molecule has 0 atom stereocenters. The van der Waals surface area contributed by atoms with E-state index in [9.17, 15) is 4.79 Å². The number of carbonyl (C=O) groups excluding carboxylic acids is 1. The van der Waals surface area contributed by atoms with E-state index in [1.165, 1.54) is 6.42 Å². The van der Waals surface area contributed by atoms with Crippen molar-refractivity contribution in [2.45, 2.75) is 26.2 Å². The molecule has 1 rings (SSSR count). The molecule has 0 fully saturated rings. The Balaban J connectivity index is 2.21. The SMILES string of the molecule is CCCCNCCC(=O)Nc1cccc(Br)c1. The van der Waals surface area contributed by atoms with E-state index in [4.69, 9.17) is 0 Å². The van der Waals surface area contributed by atoms with Crippen molar-refractivity contribution in [1.82, 2.24) is 5.32 Å². The van der Waals surface area contributed by atoms with Crippen LogP contribution < -0.4 is 10.6 Å². The van der Waals surface area contributed by atoms with Crippen LogP contribution in [0.3, 0.4) is 0 Å². The van der Waals surface area contributed by atoms with Crippen LogP contribution in [0.5, 0.6) is 0 Å². The van der Waals surface area contributed by atoms with Crippen LogP contribution in [-0.4, -0.2) is 19.0 Å². The van der Waals surface area contributed by atoms with Gasteiger partial charge in [0.05, 0.1) is 0 Å². The van der Waals surface area contributed by atoms with Crippen LogP contribution in [0, 0.1) is 0 Å². The number of hydrogen-bond acceptors (Lipinski definition) is 2. The zero-order chi connectivity index (χ0) is 12.5. The van der Waals surface area contributed by atoms with Crippen LogP contribution in [0.4, 0.5) is 5.69 Å². The molecule has 0 bridgehead atoms. The molecule has 0 spiro atoms. The lowest BCUT2D eigenvalue weighted by Gasteiger charge is -2.06. The fraction of sp³-hybridized carbons (Fsp3) is 0.462. The van der Waals surface area contributed by atoms with E-state index >= 15 is 0 Å². The molecule has 1 aromatic carbocycles. The Bertz CT molecular complexity index is 355. The zero-order valence-corrected chi connectivity index (χ0v) is 11.7. The summed E-state index contributed by atoms with van der Waals surface area (Å²) in [4.78, 5) is 11.6. The monoisotopic (exact) mass is 298 g/mol. The maximum atomic E-state index is 11.6. The van der Waals surface area contributed by atoms with Crippen molar-refractivity contribution in [2.75, 3.05) is 18.4 Å². The second-order valence-electron chi connectivity index (χ2n) is 3.91. The highest BCUT2D eigenvalue weighted by molar-refractivity contribution is 9.10. The number of rotatable bonds is 7. The van der Waals surface area contributed by atoms with Crippen molar-refractivity contribution in [3.8, 4) is 0 Å². The van der Waals surface area contributed by atoms with Crippen LogP contribution in [0.15, 0.2) is 28.7 Å². The molecule has 0 aliphatic heterocycles. The fourth-order valence-corrected chi connectivity index (χ4v) is 1.82. The maximum Gasteiger partial charge on any atom is 0.225 e. The predicted molar refractivity (Wildman–Crippen MR) is 75.2 cm³/mol. The molecule has 94 valence electrons. The van der Waals surface area contributed by atoms with Gasteiger partial charge in [0, 0.05) is 23.1 Å². The molecule has 1 amide bonds. The normalized spacial score (nSPS) is 10.2.